The Morgan fingerprint density at radius 3 is 2.97 bits per heavy atom. The molecule has 0 bridgehead atoms. The maximum Gasteiger partial charge on any atom is 0.268 e. The number of amides is 2. The molecule has 0 spiro atoms. The first-order valence-corrected chi connectivity index (χ1v) is 9.68. The van der Waals surface area contributed by atoms with Gasteiger partial charge < -0.3 is 20.7 Å². The molecule has 1 saturated carbocycles. The van der Waals surface area contributed by atoms with Gasteiger partial charge in [-0.1, -0.05) is 11.6 Å². The molecule has 1 aromatic carbocycles. The Hall–Kier alpha value is -3.20. The molecule has 29 heavy (non-hydrogen) atoms. The molecule has 1 aliphatic rings. The van der Waals surface area contributed by atoms with Gasteiger partial charge >= 0.3 is 0 Å². The lowest BCUT2D eigenvalue weighted by molar-refractivity contribution is -0.125. The number of H-pyrrole nitrogens is 1. The second kappa shape index (κ2) is 8.04. The van der Waals surface area contributed by atoms with E-state index in [1.54, 1.807) is 17.1 Å². The van der Waals surface area contributed by atoms with Crippen LogP contribution in [0.3, 0.4) is 0 Å². The van der Waals surface area contributed by atoms with Crippen molar-refractivity contribution < 1.29 is 14.7 Å². The topological polar surface area (TPSA) is 125 Å². The van der Waals surface area contributed by atoms with E-state index in [1.807, 2.05) is 25.1 Å². The highest BCUT2D eigenvalue weighted by Gasteiger charge is 2.37. The minimum absolute atomic E-state index is 0.123. The zero-order valence-corrected chi connectivity index (χ0v) is 16.1. The third kappa shape index (κ3) is 4.29. The second-order valence-corrected chi connectivity index (χ2v) is 7.54. The molecule has 3 aromatic rings. The first-order chi connectivity index (χ1) is 14.0. The number of aliphatic hydroxyl groups excluding tert-OH is 1. The van der Waals surface area contributed by atoms with Crippen molar-refractivity contribution in [2.45, 2.75) is 38.5 Å². The number of aliphatic hydroxyl groups is 1. The summed E-state index contributed by atoms with van der Waals surface area (Å²) in [6, 6.07) is 7.26. The van der Waals surface area contributed by atoms with E-state index in [0.29, 0.717) is 31.6 Å². The average Bonchev–Trinajstić information content (AvgIpc) is 3.42. The zero-order valence-electron chi connectivity index (χ0n) is 16.1. The minimum atomic E-state index is -0.753. The van der Waals surface area contributed by atoms with Crippen LogP contribution in [-0.4, -0.2) is 55.4 Å². The molecule has 3 atom stereocenters. The van der Waals surface area contributed by atoms with Gasteiger partial charge in [0.25, 0.3) is 5.91 Å². The highest BCUT2D eigenvalue weighted by molar-refractivity contribution is 5.98. The predicted octanol–water partition coefficient (Wildman–Crippen LogP) is 0.754. The number of aromatic amines is 1. The number of hydrogen-bond donors (Lipinski definition) is 4. The molecule has 0 aliphatic heterocycles. The summed E-state index contributed by atoms with van der Waals surface area (Å²) in [6.07, 6.45) is 3.00. The van der Waals surface area contributed by atoms with E-state index in [9.17, 15) is 14.7 Å². The number of benzene rings is 1. The molecule has 152 valence electrons. The molecule has 1 aliphatic carbocycles. The van der Waals surface area contributed by atoms with Crippen LogP contribution in [0.15, 0.2) is 36.9 Å². The zero-order chi connectivity index (χ0) is 20.4. The number of rotatable bonds is 6. The third-order valence-corrected chi connectivity index (χ3v) is 5.34. The van der Waals surface area contributed by atoms with Gasteiger partial charge in [0.2, 0.25) is 5.91 Å². The van der Waals surface area contributed by atoms with Crippen molar-refractivity contribution in [1.82, 2.24) is 30.4 Å². The van der Waals surface area contributed by atoms with E-state index in [2.05, 4.69) is 25.7 Å². The molecule has 0 radical (unpaired) electrons. The third-order valence-electron chi connectivity index (χ3n) is 5.34. The van der Waals surface area contributed by atoms with Gasteiger partial charge in [-0.15, -0.1) is 0 Å². The number of aryl methyl sites for hydroxylation is 1. The summed E-state index contributed by atoms with van der Waals surface area (Å²) in [6.45, 7) is 2.96. The fraction of sp³-hybridized carbons (Fsp3) is 0.400. The Kier molecular flexibility index (Phi) is 5.30. The van der Waals surface area contributed by atoms with Gasteiger partial charge in [0.05, 0.1) is 18.7 Å². The quantitative estimate of drug-likeness (QED) is 0.489. The van der Waals surface area contributed by atoms with E-state index in [0.717, 1.165) is 16.5 Å². The summed E-state index contributed by atoms with van der Waals surface area (Å²) < 4.78 is 1.63. The lowest BCUT2D eigenvalue weighted by atomic mass is 10.1. The monoisotopic (exact) mass is 396 g/mol. The van der Waals surface area contributed by atoms with Crippen molar-refractivity contribution >= 4 is 22.7 Å². The highest BCUT2D eigenvalue weighted by Crippen LogP contribution is 2.27. The van der Waals surface area contributed by atoms with Crippen LogP contribution in [-0.2, 0) is 11.3 Å². The predicted molar refractivity (Wildman–Crippen MR) is 106 cm³/mol. The van der Waals surface area contributed by atoms with Crippen LogP contribution in [0.4, 0.5) is 0 Å². The van der Waals surface area contributed by atoms with Crippen molar-refractivity contribution in [3.8, 4) is 0 Å². The number of fused-ring (bicyclic) bond motifs is 1. The summed E-state index contributed by atoms with van der Waals surface area (Å²) in [4.78, 5) is 31.9. The van der Waals surface area contributed by atoms with Crippen LogP contribution >= 0.6 is 0 Å². The van der Waals surface area contributed by atoms with Gasteiger partial charge in [-0.05, 0) is 38.0 Å². The van der Waals surface area contributed by atoms with E-state index in [1.165, 1.54) is 6.33 Å². The van der Waals surface area contributed by atoms with E-state index < -0.39 is 12.1 Å². The van der Waals surface area contributed by atoms with E-state index in [-0.39, 0.29) is 17.7 Å². The second-order valence-electron chi connectivity index (χ2n) is 7.54. The molecular weight excluding hydrogens is 372 g/mol. The van der Waals surface area contributed by atoms with Crippen LogP contribution in [0.5, 0.6) is 0 Å². The van der Waals surface area contributed by atoms with Crippen LogP contribution < -0.4 is 10.6 Å². The molecule has 4 N–H and O–H groups in total. The van der Waals surface area contributed by atoms with Crippen molar-refractivity contribution in [2.75, 3.05) is 6.54 Å². The molecule has 2 amide bonds. The molecule has 4 rings (SSSR count). The van der Waals surface area contributed by atoms with Crippen LogP contribution in [0.1, 0.15) is 28.9 Å². The van der Waals surface area contributed by atoms with Crippen LogP contribution in [0.2, 0.25) is 0 Å². The van der Waals surface area contributed by atoms with Crippen LogP contribution in [0, 0.1) is 12.8 Å². The number of nitrogens with one attached hydrogen (secondary N) is 3. The Morgan fingerprint density at radius 1 is 1.31 bits per heavy atom. The first-order valence-electron chi connectivity index (χ1n) is 9.68. The number of carbonyl (C=O) groups excluding carboxylic acids is 2. The standard InChI is InChI=1S/C20H24N6O3/c1-12-2-3-15-13(6-12)7-17(24-15)20(29)25-16-8-14(9-18(16)27)19(28)22-4-5-26-11-21-10-23-26/h2-3,6-7,10-11,14,16,18,24,27H,4-5,8-9H2,1H3,(H,22,28)(H,25,29)/t14-,16+,18+/m0/s1. The van der Waals surface area contributed by atoms with Gasteiger partial charge in [-0.25, -0.2) is 4.98 Å². The Morgan fingerprint density at radius 2 is 2.17 bits per heavy atom. The Balaban J connectivity index is 1.31. The lowest BCUT2D eigenvalue weighted by Gasteiger charge is -2.15. The fourth-order valence-corrected chi connectivity index (χ4v) is 3.79. The smallest absolute Gasteiger partial charge is 0.268 e. The molecular formula is C20H24N6O3. The molecule has 2 heterocycles. The van der Waals surface area contributed by atoms with Gasteiger partial charge in [-0.3, -0.25) is 14.3 Å². The van der Waals surface area contributed by atoms with Crippen molar-refractivity contribution in [3.63, 3.8) is 0 Å². The molecule has 9 heteroatoms. The van der Waals surface area contributed by atoms with Gasteiger partial charge in [0.15, 0.2) is 0 Å². The van der Waals surface area contributed by atoms with E-state index >= 15 is 0 Å². The number of nitrogens with zero attached hydrogens (tertiary/aromatic N) is 3. The molecule has 1 fully saturated rings. The van der Waals surface area contributed by atoms with Crippen molar-refractivity contribution in [3.05, 3.63) is 48.2 Å². The summed E-state index contributed by atoms with van der Waals surface area (Å²) >= 11 is 0. The lowest BCUT2D eigenvalue weighted by Crippen LogP contribution is -2.40. The maximum atomic E-state index is 12.6. The van der Waals surface area contributed by atoms with Gasteiger partial charge in [-0.2, -0.15) is 5.10 Å². The molecule has 2 aromatic heterocycles. The SMILES string of the molecule is Cc1ccc2[nH]c(C(=O)N[C@@H]3C[C@H](C(=O)NCCn4cncn4)C[C@H]3O)cc2c1. The Bertz CT molecular complexity index is 1010. The molecule has 0 unspecified atom stereocenters. The summed E-state index contributed by atoms with van der Waals surface area (Å²) in [5, 5.41) is 21.0. The number of carbonyl (C=O) groups is 2. The number of hydrogen-bond acceptors (Lipinski definition) is 5. The highest BCUT2D eigenvalue weighted by atomic mass is 16.3. The van der Waals surface area contributed by atoms with Crippen molar-refractivity contribution in [1.29, 1.82) is 0 Å². The number of aromatic nitrogens is 4. The Labute approximate surface area is 167 Å². The van der Waals surface area contributed by atoms with Crippen molar-refractivity contribution in [2.24, 2.45) is 5.92 Å². The van der Waals surface area contributed by atoms with Gasteiger partial charge in [0.1, 0.15) is 18.3 Å². The minimum Gasteiger partial charge on any atom is -0.391 e. The average molecular weight is 396 g/mol. The normalized spacial score (nSPS) is 21.4. The first kappa shape index (κ1) is 19.1. The summed E-state index contributed by atoms with van der Waals surface area (Å²) in [5.74, 6) is -0.742. The summed E-state index contributed by atoms with van der Waals surface area (Å²) in [5.41, 5.74) is 2.45. The molecule has 9 nitrogen and oxygen atoms in total. The molecule has 0 saturated heterocycles. The van der Waals surface area contributed by atoms with Gasteiger partial charge in [0, 0.05) is 23.4 Å². The summed E-state index contributed by atoms with van der Waals surface area (Å²) in [7, 11) is 0. The largest absolute Gasteiger partial charge is 0.391 e. The fourth-order valence-electron chi connectivity index (χ4n) is 3.79. The van der Waals surface area contributed by atoms with E-state index in [4.69, 9.17) is 0 Å². The van der Waals surface area contributed by atoms with Crippen LogP contribution in [0.25, 0.3) is 10.9 Å². The maximum absolute atomic E-state index is 12.6.